The molecule has 0 bridgehead atoms. The molecule has 0 saturated heterocycles. The van der Waals surface area contributed by atoms with E-state index in [-0.39, 0.29) is 0 Å². The summed E-state index contributed by atoms with van der Waals surface area (Å²) in [5.41, 5.74) is 8.53. The van der Waals surface area contributed by atoms with Gasteiger partial charge < -0.3 is 5.73 Å². The topological polar surface area (TPSA) is 26.0 Å². The highest BCUT2D eigenvalue weighted by atomic mass is 32.2. The molecule has 1 aromatic carbocycles. The maximum atomic E-state index is 5.69. The Labute approximate surface area is 90.1 Å². The predicted octanol–water partition coefficient (Wildman–Crippen LogP) is 3.05. The van der Waals surface area contributed by atoms with Crippen molar-refractivity contribution in [2.45, 2.75) is 25.2 Å². The van der Waals surface area contributed by atoms with Crippen LogP contribution in [0.1, 0.15) is 25.3 Å². The lowest BCUT2D eigenvalue weighted by atomic mass is 9.98. The van der Waals surface area contributed by atoms with Crippen LogP contribution < -0.4 is 5.73 Å². The second-order valence-electron chi connectivity index (χ2n) is 4.04. The van der Waals surface area contributed by atoms with E-state index in [0.717, 1.165) is 5.69 Å². The van der Waals surface area contributed by atoms with Crippen LogP contribution in [-0.2, 0) is 5.41 Å². The summed E-state index contributed by atoms with van der Waals surface area (Å²) in [7, 11) is 0. The zero-order valence-corrected chi connectivity index (χ0v) is 9.44. The summed E-state index contributed by atoms with van der Waals surface area (Å²) in [4.78, 5) is 0. The summed E-state index contributed by atoms with van der Waals surface area (Å²) in [6.45, 7) is 2.23. The molecule has 1 nitrogen and oxygen atoms in total. The third-order valence-corrected chi connectivity index (χ3v) is 4.12. The number of nitrogen functional groups attached to an aromatic ring is 1. The number of rotatable bonds is 4. The van der Waals surface area contributed by atoms with Crippen LogP contribution in [0, 0.1) is 0 Å². The first-order valence-electron chi connectivity index (χ1n) is 5.21. The minimum absolute atomic E-state index is 0.494. The number of hydrogen-bond acceptors (Lipinski definition) is 2. The number of nitrogens with two attached hydrogens (primary N) is 1. The molecule has 0 unspecified atom stereocenters. The first-order chi connectivity index (χ1) is 6.77. The molecule has 0 aliphatic heterocycles. The van der Waals surface area contributed by atoms with Crippen LogP contribution in [0.4, 0.5) is 5.69 Å². The molecule has 14 heavy (non-hydrogen) atoms. The largest absolute Gasteiger partial charge is 0.399 e. The molecule has 0 amide bonds. The van der Waals surface area contributed by atoms with Crippen molar-refractivity contribution in [2.24, 2.45) is 0 Å². The average Bonchev–Trinajstić information content (AvgIpc) is 2.97. The quantitative estimate of drug-likeness (QED) is 0.768. The Morgan fingerprint density at radius 1 is 1.29 bits per heavy atom. The highest BCUT2D eigenvalue weighted by molar-refractivity contribution is 7.99. The van der Waals surface area contributed by atoms with Gasteiger partial charge in [-0.25, -0.2) is 0 Å². The van der Waals surface area contributed by atoms with Gasteiger partial charge in [-0.15, -0.1) is 0 Å². The van der Waals surface area contributed by atoms with Gasteiger partial charge in [0, 0.05) is 16.9 Å². The standard InChI is InChI=1S/C12H17NS/c1-2-14-9-12(7-8-12)10-3-5-11(13)6-4-10/h3-6H,2,7-9,13H2,1H3. The van der Waals surface area contributed by atoms with Crippen LogP contribution in [0.25, 0.3) is 0 Å². The second-order valence-corrected chi connectivity index (χ2v) is 5.31. The number of anilines is 1. The lowest BCUT2D eigenvalue weighted by Crippen LogP contribution is -2.10. The van der Waals surface area contributed by atoms with E-state index in [1.54, 1.807) is 0 Å². The smallest absolute Gasteiger partial charge is 0.0314 e. The highest BCUT2D eigenvalue weighted by Crippen LogP contribution is 2.50. The van der Waals surface area contributed by atoms with Crippen molar-refractivity contribution < 1.29 is 0 Å². The van der Waals surface area contributed by atoms with E-state index in [2.05, 4.69) is 19.1 Å². The van der Waals surface area contributed by atoms with Crippen molar-refractivity contribution >= 4 is 17.4 Å². The molecule has 0 aromatic heterocycles. The Bertz CT molecular complexity index is 301. The monoisotopic (exact) mass is 207 g/mol. The average molecular weight is 207 g/mol. The molecular formula is C12H17NS. The maximum Gasteiger partial charge on any atom is 0.0314 e. The van der Waals surface area contributed by atoms with Gasteiger partial charge >= 0.3 is 0 Å². The van der Waals surface area contributed by atoms with E-state index in [9.17, 15) is 0 Å². The third kappa shape index (κ3) is 1.90. The van der Waals surface area contributed by atoms with E-state index in [1.807, 2.05) is 23.9 Å². The van der Waals surface area contributed by atoms with E-state index >= 15 is 0 Å². The van der Waals surface area contributed by atoms with Crippen LogP contribution in [0.3, 0.4) is 0 Å². The van der Waals surface area contributed by atoms with Gasteiger partial charge in [-0.3, -0.25) is 0 Å². The highest BCUT2D eigenvalue weighted by Gasteiger charge is 2.43. The normalized spacial score (nSPS) is 18.1. The molecule has 2 heteroatoms. The minimum Gasteiger partial charge on any atom is -0.399 e. The first kappa shape index (κ1) is 9.91. The van der Waals surface area contributed by atoms with Gasteiger partial charge in [0.2, 0.25) is 0 Å². The van der Waals surface area contributed by atoms with Crippen molar-refractivity contribution in [1.82, 2.24) is 0 Å². The van der Waals surface area contributed by atoms with Crippen LogP contribution in [0.2, 0.25) is 0 Å². The fourth-order valence-electron chi connectivity index (χ4n) is 1.80. The van der Waals surface area contributed by atoms with Crippen LogP contribution >= 0.6 is 11.8 Å². The molecule has 2 rings (SSSR count). The molecule has 1 saturated carbocycles. The first-order valence-corrected chi connectivity index (χ1v) is 6.36. The Morgan fingerprint density at radius 3 is 2.43 bits per heavy atom. The lowest BCUT2D eigenvalue weighted by molar-refractivity contribution is 0.803. The van der Waals surface area contributed by atoms with Crippen LogP contribution in [0.5, 0.6) is 0 Å². The van der Waals surface area contributed by atoms with Crippen molar-refractivity contribution in [3.63, 3.8) is 0 Å². The number of hydrogen-bond donors (Lipinski definition) is 1. The number of benzene rings is 1. The molecule has 1 fully saturated rings. The van der Waals surface area contributed by atoms with Gasteiger partial charge in [0.1, 0.15) is 0 Å². The summed E-state index contributed by atoms with van der Waals surface area (Å²) in [6.07, 6.45) is 2.70. The van der Waals surface area contributed by atoms with E-state index in [1.165, 1.54) is 29.9 Å². The van der Waals surface area contributed by atoms with Crippen molar-refractivity contribution in [3.8, 4) is 0 Å². The summed E-state index contributed by atoms with van der Waals surface area (Å²) in [5.74, 6) is 2.49. The van der Waals surface area contributed by atoms with Crippen molar-refractivity contribution in [3.05, 3.63) is 29.8 Å². The lowest BCUT2D eigenvalue weighted by Gasteiger charge is -2.14. The second kappa shape index (κ2) is 3.85. The molecule has 0 heterocycles. The Kier molecular flexibility index (Phi) is 2.73. The number of thioether (sulfide) groups is 1. The molecule has 0 atom stereocenters. The summed E-state index contributed by atoms with van der Waals surface area (Å²) in [6, 6.07) is 8.43. The summed E-state index contributed by atoms with van der Waals surface area (Å²) < 4.78 is 0. The molecule has 0 spiro atoms. The van der Waals surface area contributed by atoms with Gasteiger partial charge in [0.25, 0.3) is 0 Å². The Hall–Kier alpha value is -0.630. The van der Waals surface area contributed by atoms with Gasteiger partial charge in [-0.2, -0.15) is 11.8 Å². The SMILES string of the molecule is CCSCC1(c2ccc(N)cc2)CC1. The zero-order chi connectivity index (χ0) is 10.0. The molecule has 1 aliphatic rings. The summed E-state index contributed by atoms with van der Waals surface area (Å²) >= 11 is 2.05. The predicted molar refractivity (Wildman–Crippen MR) is 64.8 cm³/mol. The summed E-state index contributed by atoms with van der Waals surface area (Å²) in [5, 5.41) is 0. The minimum atomic E-state index is 0.494. The van der Waals surface area contributed by atoms with E-state index < -0.39 is 0 Å². The Morgan fingerprint density at radius 2 is 1.93 bits per heavy atom. The molecule has 1 aromatic rings. The molecular weight excluding hydrogens is 190 g/mol. The van der Waals surface area contributed by atoms with Gasteiger partial charge in [0.15, 0.2) is 0 Å². The molecule has 76 valence electrons. The molecule has 1 aliphatic carbocycles. The maximum absolute atomic E-state index is 5.69. The van der Waals surface area contributed by atoms with Crippen LogP contribution in [-0.4, -0.2) is 11.5 Å². The fraction of sp³-hybridized carbons (Fsp3) is 0.500. The molecule has 2 N–H and O–H groups in total. The van der Waals surface area contributed by atoms with E-state index in [4.69, 9.17) is 5.73 Å². The Balaban J connectivity index is 2.10. The van der Waals surface area contributed by atoms with Gasteiger partial charge in [-0.1, -0.05) is 19.1 Å². The van der Waals surface area contributed by atoms with Crippen LogP contribution in [0.15, 0.2) is 24.3 Å². The zero-order valence-electron chi connectivity index (χ0n) is 8.62. The van der Waals surface area contributed by atoms with Crippen molar-refractivity contribution in [2.75, 3.05) is 17.2 Å². The van der Waals surface area contributed by atoms with E-state index in [0.29, 0.717) is 5.41 Å². The molecule has 0 radical (unpaired) electrons. The van der Waals surface area contributed by atoms with Crippen molar-refractivity contribution in [1.29, 1.82) is 0 Å². The third-order valence-electron chi connectivity index (χ3n) is 2.96. The van der Waals surface area contributed by atoms with Gasteiger partial charge in [-0.05, 0) is 36.3 Å². The fourth-order valence-corrected chi connectivity index (χ4v) is 2.85. The van der Waals surface area contributed by atoms with Gasteiger partial charge in [0.05, 0.1) is 0 Å².